The van der Waals surface area contributed by atoms with Gasteiger partial charge in [0.05, 0.1) is 16.2 Å². The van der Waals surface area contributed by atoms with E-state index in [0.717, 1.165) is 0 Å². The van der Waals surface area contributed by atoms with Crippen molar-refractivity contribution in [3.8, 4) is 5.75 Å². The Morgan fingerprint density at radius 3 is 2.57 bits per heavy atom. The number of hydrogen-bond acceptors (Lipinski definition) is 5. The molecule has 0 aliphatic rings. The number of nitrogens with zero attached hydrogens (tertiary/aromatic N) is 3. The summed E-state index contributed by atoms with van der Waals surface area (Å²) >= 11 is 17.5. The summed E-state index contributed by atoms with van der Waals surface area (Å²) in [4.78, 5) is 10.5. The molecule has 0 saturated carbocycles. The molecule has 2 rings (SSSR count). The first-order valence-corrected chi connectivity index (χ1v) is 7.32. The van der Waals surface area contributed by atoms with Crippen LogP contribution in [0.2, 0.25) is 15.1 Å². The average Bonchev–Trinajstić information content (AvgIpc) is 2.48. The van der Waals surface area contributed by atoms with Crippen LogP contribution in [0.5, 0.6) is 5.75 Å². The fourth-order valence-electron chi connectivity index (χ4n) is 1.81. The number of halogens is 3. The van der Waals surface area contributed by atoms with Crippen LogP contribution in [0.4, 0.5) is 11.4 Å². The molecule has 0 amide bonds. The fraction of sp³-hybridized carbons (Fsp3) is 0.0714. The van der Waals surface area contributed by atoms with Gasteiger partial charge < -0.3 is 5.11 Å². The Bertz CT molecular complexity index is 796. The van der Waals surface area contributed by atoms with Gasteiger partial charge in [0.1, 0.15) is 11.4 Å². The lowest BCUT2D eigenvalue weighted by molar-refractivity contribution is -0.384. The van der Waals surface area contributed by atoms with E-state index in [0.29, 0.717) is 5.02 Å². The Morgan fingerprint density at radius 2 is 1.91 bits per heavy atom. The van der Waals surface area contributed by atoms with Crippen molar-refractivity contribution in [1.82, 2.24) is 0 Å². The third-order valence-corrected chi connectivity index (χ3v) is 3.65. The molecule has 0 spiro atoms. The summed E-state index contributed by atoms with van der Waals surface area (Å²) < 4.78 is 0. The average molecular weight is 375 g/mol. The Hall–Kier alpha value is -2.02. The number of aromatic hydroxyl groups is 1. The SMILES string of the molecule is CN(/N=C\c1cc(Cl)cc(Cl)c1O)c1ccc(Cl)cc1[N+](=O)[O-]. The minimum absolute atomic E-state index is 0.0825. The molecule has 0 aromatic heterocycles. The van der Waals surface area contributed by atoms with Crippen molar-refractivity contribution in [1.29, 1.82) is 0 Å². The quantitative estimate of drug-likeness (QED) is 0.476. The first-order chi connectivity index (χ1) is 10.8. The third-order valence-electron chi connectivity index (χ3n) is 2.91. The van der Waals surface area contributed by atoms with Gasteiger partial charge in [0.2, 0.25) is 0 Å². The molecular formula is C14H10Cl3N3O3. The molecule has 0 bridgehead atoms. The van der Waals surface area contributed by atoms with E-state index in [1.807, 2.05) is 0 Å². The van der Waals surface area contributed by atoms with Crippen molar-refractivity contribution in [2.75, 3.05) is 12.1 Å². The van der Waals surface area contributed by atoms with E-state index in [-0.39, 0.29) is 32.7 Å². The van der Waals surface area contributed by atoms with Crippen LogP contribution in [-0.4, -0.2) is 23.3 Å². The highest BCUT2D eigenvalue weighted by atomic mass is 35.5. The van der Waals surface area contributed by atoms with Gasteiger partial charge in [0.25, 0.3) is 5.69 Å². The number of anilines is 1. The van der Waals surface area contributed by atoms with Crippen molar-refractivity contribution in [3.63, 3.8) is 0 Å². The largest absolute Gasteiger partial charge is 0.506 e. The highest BCUT2D eigenvalue weighted by Crippen LogP contribution is 2.32. The number of hydrogen-bond donors (Lipinski definition) is 1. The van der Waals surface area contributed by atoms with Crippen LogP contribution >= 0.6 is 34.8 Å². The summed E-state index contributed by atoms with van der Waals surface area (Å²) in [5, 5.41) is 27.0. The van der Waals surface area contributed by atoms with Gasteiger partial charge in [0, 0.05) is 28.7 Å². The number of nitro groups is 1. The van der Waals surface area contributed by atoms with Gasteiger partial charge in [-0.25, -0.2) is 0 Å². The predicted molar refractivity (Wildman–Crippen MR) is 92.2 cm³/mol. The van der Waals surface area contributed by atoms with E-state index in [1.165, 1.54) is 48.6 Å². The van der Waals surface area contributed by atoms with E-state index < -0.39 is 4.92 Å². The van der Waals surface area contributed by atoms with Crippen LogP contribution in [0.1, 0.15) is 5.56 Å². The lowest BCUT2D eigenvalue weighted by Gasteiger charge is -2.13. The molecule has 2 aromatic rings. The van der Waals surface area contributed by atoms with Crippen molar-refractivity contribution >= 4 is 52.4 Å². The van der Waals surface area contributed by atoms with E-state index in [4.69, 9.17) is 34.8 Å². The van der Waals surface area contributed by atoms with Crippen molar-refractivity contribution in [3.05, 3.63) is 61.1 Å². The monoisotopic (exact) mass is 373 g/mol. The van der Waals surface area contributed by atoms with E-state index in [9.17, 15) is 15.2 Å². The number of phenols is 1. The normalized spacial score (nSPS) is 11.0. The maximum absolute atomic E-state index is 11.1. The zero-order valence-corrected chi connectivity index (χ0v) is 14.0. The van der Waals surface area contributed by atoms with Gasteiger partial charge in [0.15, 0.2) is 0 Å². The zero-order chi connectivity index (χ0) is 17.1. The standard InChI is InChI=1S/C14H10Cl3N3O3/c1-19(12-3-2-9(15)6-13(12)20(22)23)18-7-8-4-10(16)5-11(17)14(8)21/h2-7,21H,1H3/b18-7-. The predicted octanol–water partition coefficient (Wildman–Crippen LogP) is 4.73. The van der Waals surface area contributed by atoms with Crippen LogP contribution in [0.15, 0.2) is 35.4 Å². The minimum Gasteiger partial charge on any atom is -0.506 e. The smallest absolute Gasteiger partial charge is 0.295 e. The van der Waals surface area contributed by atoms with Crippen LogP contribution in [0.3, 0.4) is 0 Å². The number of hydrazone groups is 1. The van der Waals surface area contributed by atoms with Gasteiger partial charge in [-0.2, -0.15) is 5.10 Å². The molecule has 2 aromatic carbocycles. The molecular weight excluding hydrogens is 365 g/mol. The Kier molecular flexibility index (Phi) is 5.30. The lowest BCUT2D eigenvalue weighted by atomic mass is 10.2. The lowest BCUT2D eigenvalue weighted by Crippen LogP contribution is -2.11. The molecule has 0 aliphatic carbocycles. The second-order valence-corrected chi connectivity index (χ2v) is 5.76. The van der Waals surface area contributed by atoms with E-state index >= 15 is 0 Å². The highest BCUT2D eigenvalue weighted by Gasteiger charge is 2.17. The summed E-state index contributed by atoms with van der Waals surface area (Å²) in [6.45, 7) is 0. The molecule has 0 heterocycles. The highest BCUT2D eigenvalue weighted by molar-refractivity contribution is 6.36. The third kappa shape index (κ3) is 4.04. The molecule has 120 valence electrons. The van der Waals surface area contributed by atoms with Crippen LogP contribution in [0, 0.1) is 10.1 Å². The summed E-state index contributed by atoms with van der Waals surface area (Å²) in [7, 11) is 1.52. The summed E-state index contributed by atoms with van der Waals surface area (Å²) in [5.41, 5.74) is 0.333. The van der Waals surface area contributed by atoms with Crippen LogP contribution < -0.4 is 5.01 Å². The summed E-state index contributed by atoms with van der Waals surface area (Å²) in [6, 6.07) is 7.09. The molecule has 1 N–H and O–H groups in total. The van der Waals surface area contributed by atoms with Crippen LogP contribution in [-0.2, 0) is 0 Å². The Labute approximate surface area is 146 Å². The second-order valence-electron chi connectivity index (χ2n) is 4.48. The maximum Gasteiger partial charge on any atom is 0.295 e. The number of nitro benzene ring substituents is 1. The molecule has 0 radical (unpaired) electrons. The molecule has 6 nitrogen and oxygen atoms in total. The fourth-order valence-corrected chi connectivity index (χ4v) is 2.49. The summed E-state index contributed by atoms with van der Waals surface area (Å²) in [6.07, 6.45) is 1.30. The second kappa shape index (κ2) is 7.04. The number of benzene rings is 2. The van der Waals surface area contributed by atoms with Gasteiger partial charge >= 0.3 is 0 Å². The molecule has 23 heavy (non-hydrogen) atoms. The summed E-state index contributed by atoms with van der Waals surface area (Å²) in [5.74, 6) is -0.182. The molecule has 0 saturated heterocycles. The van der Waals surface area contributed by atoms with Crippen LogP contribution in [0.25, 0.3) is 0 Å². The first kappa shape index (κ1) is 17.3. The van der Waals surface area contributed by atoms with Gasteiger partial charge in [-0.3, -0.25) is 15.1 Å². The van der Waals surface area contributed by atoms with E-state index in [1.54, 1.807) is 0 Å². The Morgan fingerprint density at radius 1 is 1.22 bits per heavy atom. The molecule has 9 heteroatoms. The van der Waals surface area contributed by atoms with Crippen molar-refractivity contribution in [2.24, 2.45) is 5.10 Å². The van der Waals surface area contributed by atoms with Gasteiger partial charge in [-0.15, -0.1) is 0 Å². The van der Waals surface area contributed by atoms with Gasteiger partial charge in [-0.05, 0) is 24.3 Å². The van der Waals surface area contributed by atoms with Crippen molar-refractivity contribution in [2.45, 2.75) is 0 Å². The maximum atomic E-state index is 11.1. The molecule has 0 fully saturated rings. The number of rotatable bonds is 4. The van der Waals surface area contributed by atoms with E-state index in [2.05, 4.69) is 5.10 Å². The zero-order valence-electron chi connectivity index (χ0n) is 11.7. The van der Waals surface area contributed by atoms with Gasteiger partial charge in [-0.1, -0.05) is 34.8 Å². The van der Waals surface area contributed by atoms with Crippen molar-refractivity contribution < 1.29 is 10.0 Å². The first-order valence-electron chi connectivity index (χ1n) is 6.19. The molecule has 0 aliphatic heterocycles. The minimum atomic E-state index is -0.555. The Balaban J connectivity index is 2.36. The number of phenolic OH excluding ortho intramolecular Hbond substituents is 1. The molecule has 0 atom stereocenters. The topological polar surface area (TPSA) is 79.0 Å². The molecule has 0 unspecified atom stereocenters.